The summed E-state index contributed by atoms with van der Waals surface area (Å²) < 4.78 is 1.18. The van der Waals surface area contributed by atoms with Crippen molar-refractivity contribution < 1.29 is 4.79 Å². The summed E-state index contributed by atoms with van der Waals surface area (Å²) in [6, 6.07) is 6.53. The van der Waals surface area contributed by atoms with E-state index in [0.29, 0.717) is 0 Å². The van der Waals surface area contributed by atoms with E-state index in [0.717, 1.165) is 31.6 Å². The van der Waals surface area contributed by atoms with E-state index < -0.39 is 0 Å². The second kappa shape index (κ2) is 4.64. The molecular formula is C15H16BrNO. The lowest BCUT2D eigenvalue weighted by Gasteiger charge is -2.23. The average molecular weight is 306 g/mol. The third-order valence-electron chi connectivity index (χ3n) is 4.25. The third-order valence-corrected chi connectivity index (χ3v) is 4.93. The molecule has 2 aliphatic carbocycles. The predicted octanol–water partition coefficient (Wildman–Crippen LogP) is 4.43. The van der Waals surface area contributed by atoms with Crippen LogP contribution in [0.5, 0.6) is 0 Å². The lowest BCUT2D eigenvalue weighted by molar-refractivity contribution is 0.455. The van der Waals surface area contributed by atoms with Gasteiger partial charge in [-0.2, -0.15) is 4.99 Å². The lowest BCUT2D eigenvalue weighted by atomic mass is 9.88. The summed E-state index contributed by atoms with van der Waals surface area (Å²) >= 11 is 3.67. The van der Waals surface area contributed by atoms with E-state index in [-0.39, 0.29) is 5.54 Å². The van der Waals surface area contributed by atoms with Crippen LogP contribution in [0.2, 0.25) is 0 Å². The van der Waals surface area contributed by atoms with Crippen molar-refractivity contribution in [1.82, 2.24) is 0 Å². The molecule has 0 heterocycles. The molecule has 2 nitrogen and oxygen atoms in total. The first-order valence-electron chi connectivity index (χ1n) is 6.64. The first-order chi connectivity index (χ1) is 8.75. The fourth-order valence-electron chi connectivity index (χ4n) is 3.05. The van der Waals surface area contributed by atoms with Gasteiger partial charge in [0.2, 0.25) is 6.08 Å². The number of halogens is 1. The largest absolute Gasteiger partial charge is 0.235 e. The molecule has 18 heavy (non-hydrogen) atoms. The van der Waals surface area contributed by atoms with Gasteiger partial charge in [-0.05, 0) is 48.8 Å². The predicted molar refractivity (Wildman–Crippen MR) is 74.4 cm³/mol. The van der Waals surface area contributed by atoms with Crippen LogP contribution in [0.4, 0.5) is 0 Å². The smallest absolute Gasteiger partial charge is 0.211 e. The van der Waals surface area contributed by atoms with E-state index in [9.17, 15) is 4.79 Å². The molecule has 0 saturated heterocycles. The van der Waals surface area contributed by atoms with Crippen LogP contribution >= 0.6 is 15.9 Å². The Kier molecular flexibility index (Phi) is 3.13. The number of isocyanates is 1. The van der Waals surface area contributed by atoms with Crippen molar-refractivity contribution in [1.29, 1.82) is 0 Å². The molecule has 2 saturated carbocycles. The minimum absolute atomic E-state index is 0.299. The van der Waals surface area contributed by atoms with Crippen molar-refractivity contribution in [3.8, 4) is 0 Å². The Morgan fingerprint density at radius 3 is 2.56 bits per heavy atom. The quantitative estimate of drug-likeness (QED) is 0.600. The van der Waals surface area contributed by atoms with Gasteiger partial charge in [-0.25, -0.2) is 4.79 Å². The number of hydrogen-bond donors (Lipinski definition) is 0. The van der Waals surface area contributed by atoms with Crippen LogP contribution in [0.1, 0.15) is 55.6 Å². The summed E-state index contributed by atoms with van der Waals surface area (Å²) in [6.45, 7) is 0. The Morgan fingerprint density at radius 1 is 1.28 bits per heavy atom. The van der Waals surface area contributed by atoms with Gasteiger partial charge in [0.15, 0.2) is 0 Å². The third kappa shape index (κ3) is 2.06. The highest BCUT2D eigenvalue weighted by molar-refractivity contribution is 9.10. The number of aliphatic imine (C=N–C) groups is 1. The lowest BCUT2D eigenvalue weighted by Crippen LogP contribution is -2.18. The summed E-state index contributed by atoms with van der Waals surface area (Å²) in [5.74, 6) is 0.738. The Hall–Kier alpha value is -0.920. The van der Waals surface area contributed by atoms with Gasteiger partial charge in [-0.15, -0.1) is 0 Å². The maximum Gasteiger partial charge on any atom is 0.235 e. The van der Waals surface area contributed by atoms with Gasteiger partial charge in [0, 0.05) is 4.47 Å². The Labute approximate surface area is 116 Å². The second-order valence-corrected chi connectivity index (χ2v) is 6.31. The fraction of sp³-hybridized carbons (Fsp3) is 0.533. The maximum absolute atomic E-state index is 10.7. The van der Waals surface area contributed by atoms with Crippen LogP contribution in [0.25, 0.3) is 0 Å². The van der Waals surface area contributed by atoms with Crippen molar-refractivity contribution >= 4 is 22.0 Å². The second-order valence-electron chi connectivity index (χ2n) is 5.45. The Bertz CT molecular complexity index is 509. The summed E-state index contributed by atoms with van der Waals surface area (Å²) in [4.78, 5) is 14.8. The number of hydrogen-bond acceptors (Lipinski definition) is 2. The Balaban J connectivity index is 1.99. The van der Waals surface area contributed by atoms with Gasteiger partial charge in [-0.3, -0.25) is 0 Å². The van der Waals surface area contributed by atoms with Crippen molar-refractivity contribution in [3.63, 3.8) is 0 Å². The fourth-order valence-corrected chi connectivity index (χ4v) is 3.76. The molecule has 0 spiro atoms. The minimum atomic E-state index is -0.299. The summed E-state index contributed by atoms with van der Waals surface area (Å²) in [5, 5.41) is 0. The molecule has 0 amide bonds. The van der Waals surface area contributed by atoms with E-state index in [1.54, 1.807) is 6.08 Å². The summed E-state index contributed by atoms with van der Waals surface area (Å²) in [7, 11) is 0. The standard InChI is InChI=1S/C15H16BrNO/c16-14-9-12(5-6-13(14)11-3-4-11)15(17-10-18)7-1-2-8-15/h5-6,9,11H,1-4,7-8H2. The van der Waals surface area contributed by atoms with Crippen LogP contribution in [0.3, 0.4) is 0 Å². The zero-order valence-corrected chi connectivity index (χ0v) is 11.9. The first-order valence-corrected chi connectivity index (χ1v) is 7.43. The molecule has 0 bridgehead atoms. The molecule has 94 valence electrons. The van der Waals surface area contributed by atoms with Crippen LogP contribution in [-0.2, 0) is 10.3 Å². The molecule has 0 atom stereocenters. The van der Waals surface area contributed by atoms with Crippen LogP contribution in [0.15, 0.2) is 27.7 Å². The number of nitrogens with zero attached hydrogens (tertiary/aromatic N) is 1. The summed E-state index contributed by atoms with van der Waals surface area (Å²) in [6.07, 6.45) is 8.61. The molecule has 3 heteroatoms. The molecule has 3 rings (SSSR count). The van der Waals surface area contributed by atoms with Crippen LogP contribution in [0, 0.1) is 0 Å². The zero-order valence-electron chi connectivity index (χ0n) is 10.3. The van der Waals surface area contributed by atoms with Crippen LogP contribution in [-0.4, -0.2) is 6.08 Å². The zero-order chi connectivity index (χ0) is 12.6. The first kappa shape index (κ1) is 12.1. The molecule has 1 aromatic carbocycles. The van der Waals surface area contributed by atoms with E-state index in [1.165, 1.54) is 28.4 Å². The molecule has 2 aliphatic rings. The molecule has 0 N–H and O–H groups in total. The number of carbonyl (C=O) groups excluding carboxylic acids is 1. The SMILES string of the molecule is O=C=NC1(c2ccc(C3CC3)c(Br)c2)CCCC1. The van der Waals surface area contributed by atoms with Crippen molar-refractivity contribution in [3.05, 3.63) is 33.8 Å². The van der Waals surface area contributed by atoms with Gasteiger partial charge in [-0.1, -0.05) is 40.9 Å². The molecular weight excluding hydrogens is 290 g/mol. The number of rotatable bonds is 3. The molecule has 2 fully saturated rings. The van der Waals surface area contributed by atoms with E-state index in [4.69, 9.17) is 0 Å². The van der Waals surface area contributed by atoms with Crippen molar-refractivity contribution in [2.75, 3.05) is 0 Å². The monoisotopic (exact) mass is 305 g/mol. The molecule has 0 radical (unpaired) electrons. The van der Waals surface area contributed by atoms with E-state index >= 15 is 0 Å². The Morgan fingerprint density at radius 2 is 2.00 bits per heavy atom. The molecule has 1 aromatic rings. The van der Waals surface area contributed by atoms with Gasteiger partial charge in [0.1, 0.15) is 0 Å². The highest BCUT2D eigenvalue weighted by Crippen LogP contribution is 2.47. The molecule has 0 aliphatic heterocycles. The van der Waals surface area contributed by atoms with Gasteiger partial charge < -0.3 is 0 Å². The topological polar surface area (TPSA) is 29.4 Å². The highest BCUT2D eigenvalue weighted by Gasteiger charge is 2.36. The highest BCUT2D eigenvalue weighted by atomic mass is 79.9. The molecule has 0 aromatic heterocycles. The van der Waals surface area contributed by atoms with Crippen LogP contribution < -0.4 is 0 Å². The number of benzene rings is 1. The minimum Gasteiger partial charge on any atom is -0.211 e. The maximum atomic E-state index is 10.7. The molecule has 0 unspecified atom stereocenters. The van der Waals surface area contributed by atoms with Crippen molar-refractivity contribution in [2.24, 2.45) is 4.99 Å². The summed E-state index contributed by atoms with van der Waals surface area (Å²) in [5.41, 5.74) is 2.27. The van der Waals surface area contributed by atoms with Gasteiger partial charge in [0.05, 0.1) is 5.54 Å². The van der Waals surface area contributed by atoms with Gasteiger partial charge >= 0.3 is 0 Å². The normalized spacial score (nSPS) is 21.6. The van der Waals surface area contributed by atoms with E-state index in [1.807, 2.05) is 0 Å². The van der Waals surface area contributed by atoms with Gasteiger partial charge in [0.25, 0.3) is 0 Å². The van der Waals surface area contributed by atoms with Crippen molar-refractivity contribution in [2.45, 2.75) is 50.0 Å². The average Bonchev–Trinajstić information content (AvgIpc) is 3.09. The van der Waals surface area contributed by atoms with E-state index in [2.05, 4.69) is 39.1 Å².